The van der Waals surface area contributed by atoms with Crippen molar-refractivity contribution in [3.63, 3.8) is 0 Å². The Labute approximate surface area is 209 Å². The minimum absolute atomic E-state index is 0.0141. The van der Waals surface area contributed by atoms with E-state index in [4.69, 9.17) is 5.73 Å². The van der Waals surface area contributed by atoms with Crippen LogP contribution >= 0.6 is 0 Å². The van der Waals surface area contributed by atoms with Gasteiger partial charge in [0.15, 0.2) is 5.65 Å². The number of carbonyl (C=O) groups is 1. The van der Waals surface area contributed by atoms with Gasteiger partial charge in [0.2, 0.25) is 11.8 Å². The van der Waals surface area contributed by atoms with Crippen molar-refractivity contribution < 1.29 is 27.8 Å². The molecule has 11 nitrogen and oxygen atoms in total. The lowest BCUT2D eigenvalue weighted by Gasteiger charge is -2.23. The van der Waals surface area contributed by atoms with Crippen LogP contribution in [-0.4, -0.2) is 58.9 Å². The lowest BCUT2D eigenvalue weighted by molar-refractivity contribution is -0.276. The summed E-state index contributed by atoms with van der Waals surface area (Å²) in [7, 11) is 0. The van der Waals surface area contributed by atoms with Gasteiger partial charge >= 0.3 is 6.36 Å². The van der Waals surface area contributed by atoms with Crippen LogP contribution in [0.15, 0.2) is 43.0 Å². The van der Waals surface area contributed by atoms with Gasteiger partial charge in [-0.3, -0.25) is 9.48 Å². The third-order valence-electron chi connectivity index (χ3n) is 5.55. The summed E-state index contributed by atoms with van der Waals surface area (Å²) < 4.78 is 44.2. The molecule has 0 saturated heterocycles. The van der Waals surface area contributed by atoms with Gasteiger partial charge in [-0.1, -0.05) is 6.92 Å². The van der Waals surface area contributed by atoms with Gasteiger partial charge in [0.05, 0.1) is 29.9 Å². The molecule has 0 spiro atoms. The highest BCUT2D eigenvalue weighted by Crippen LogP contribution is 2.28. The van der Waals surface area contributed by atoms with Crippen LogP contribution < -0.4 is 15.8 Å². The first-order valence-electron chi connectivity index (χ1n) is 11.2. The number of nitrogens with two attached hydrogens (primary N) is 1. The fourth-order valence-electron chi connectivity index (χ4n) is 3.74. The van der Waals surface area contributed by atoms with Gasteiger partial charge in [-0.25, -0.2) is 9.50 Å². The third-order valence-corrected chi connectivity index (χ3v) is 5.55. The quantitative estimate of drug-likeness (QED) is 0.323. The Bertz CT molecular complexity index is 1410. The highest BCUT2D eigenvalue weighted by atomic mass is 19.4. The summed E-state index contributed by atoms with van der Waals surface area (Å²) in [5.41, 5.74) is 7.22. The normalized spacial score (nSPS) is 13.1. The van der Waals surface area contributed by atoms with Crippen molar-refractivity contribution in [3.05, 3.63) is 54.1 Å². The molecule has 14 heteroatoms. The number of halogens is 3. The predicted octanol–water partition coefficient (Wildman–Crippen LogP) is 2.97. The van der Waals surface area contributed by atoms with Gasteiger partial charge in [0, 0.05) is 35.8 Å². The monoisotopic (exact) mass is 518 g/mol. The number of aliphatic hydroxyl groups is 1. The molecule has 196 valence electrons. The van der Waals surface area contributed by atoms with Crippen molar-refractivity contribution in [2.45, 2.75) is 45.1 Å². The first-order chi connectivity index (χ1) is 17.4. The minimum Gasteiger partial charge on any atom is -0.394 e. The van der Waals surface area contributed by atoms with Crippen molar-refractivity contribution in [2.24, 2.45) is 0 Å². The molecule has 1 amide bonds. The molecule has 1 atom stereocenters. The maximum Gasteiger partial charge on any atom is 0.574 e. The number of carbonyl (C=O) groups excluding carboxylic acids is 1. The van der Waals surface area contributed by atoms with Crippen LogP contribution in [0.3, 0.4) is 0 Å². The van der Waals surface area contributed by atoms with Gasteiger partial charge in [0.25, 0.3) is 5.91 Å². The van der Waals surface area contributed by atoms with Crippen molar-refractivity contribution >= 4 is 17.5 Å². The zero-order valence-electron chi connectivity index (χ0n) is 20.2. The molecule has 4 N–H and O–H groups in total. The van der Waals surface area contributed by atoms with E-state index in [-0.39, 0.29) is 29.8 Å². The Kier molecular flexibility index (Phi) is 6.78. The summed E-state index contributed by atoms with van der Waals surface area (Å²) in [6.45, 7) is 4.99. The van der Waals surface area contributed by atoms with Crippen LogP contribution in [0.4, 0.5) is 19.1 Å². The topological polar surface area (TPSA) is 145 Å². The van der Waals surface area contributed by atoms with Crippen LogP contribution in [0, 0.1) is 0 Å². The van der Waals surface area contributed by atoms with E-state index in [2.05, 4.69) is 30.2 Å². The maximum absolute atomic E-state index is 13.0. The molecular formula is C23H25F3N8O3. The Morgan fingerprint density at radius 3 is 2.59 bits per heavy atom. The average molecular weight is 519 g/mol. The molecule has 0 unspecified atom stereocenters. The number of alkyl halides is 3. The Balaban J connectivity index is 1.67. The number of aliphatic hydroxyl groups excluding tert-OH is 1. The zero-order chi connectivity index (χ0) is 27.0. The standard InChI is InChI=1S/C23H25F3N8O3/c1-4-17(13-5-6-18(28-8-13)37-23(24,25)26)33-11-15(9-29-33)14-7-16(20(36)31-22(2,3)12-35)19-30-21(27)32-34(19)10-14/h5-11,17,35H,4,12H2,1-3H3,(H2,27,32)(H,31,36)/t17-/m0/s1. The van der Waals surface area contributed by atoms with E-state index in [1.54, 1.807) is 43.2 Å². The maximum atomic E-state index is 13.0. The molecule has 0 fully saturated rings. The molecule has 37 heavy (non-hydrogen) atoms. The van der Waals surface area contributed by atoms with E-state index < -0.39 is 23.7 Å². The number of pyridine rings is 2. The number of nitrogen functional groups attached to an aromatic ring is 1. The Hall–Kier alpha value is -4.20. The fourth-order valence-corrected chi connectivity index (χ4v) is 3.74. The average Bonchev–Trinajstić information content (AvgIpc) is 3.45. The van der Waals surface area contributed by atoms with Crippen LogP contribution in [0.5, 0.6) is 5.88 Å². The van der Waals surface area contributed by atoms with Gasteiger partial charge in [-0.2, -0.15) is 10.1 Å². The molecule has 4 rings (SSSR count). The second-order valence-electron chi connectivity index (χ2n) is 8.99. The molecule has 0 aliphatic carbocycles. The molecule has 4 heterocycles. The highest BCUT2D eigenvalue weighted by molar-refractivity contribution is 6.01. The number of amides is 1. The van der Waals surface area contributed by atoms with Crippen LogP contribution in [-0.2, 0) is 0 Å². The number of fused-ring (bicyclic) bond motifs is 1. The van der Waals surface area contributed by atoms with E-state index in [0.29, 0.717) is 23.1 Å². The molecule has 0 saturated carbocycles. The first kappa shape index (κ1) is 25.9. The number of nitrogens with zero attached hydrogens (tertiary/aromatic N) is 6. The second kappa shape index (κ2) is 9.69. The number of hydrogen-bond donors (Lipinski definition) is 3. The lowest BCUT2D eigenvalue weighted by atomic mass is 10.0. The number of hydrogen-bond acceptors (Lipinski definition) is 8. The number of nitrogens with one attached hydrogen (secondary N) is 1. The number of anilines is 1. The molecule has 0 aliphatic rings. The van der Waals surface area contributed by atoms with Gasteiger partial charge in [0.1, 0.15) is 0 Å². The number of aromatic nitrogens is 6. The summed E-state index contributed by atoms with van der Waals surface area (Å²) >= 11 is 0. The van der Waals surface area contributed by atoms with Crippen molar-refractivity contribution in [2.75, 3.05) is 12.3 Å². The van der Waals surface area contributed by atoms with Gasteiger partial charge in [-0.05, 0) is 38.0 Å². The van der Waals surface area contributed by atoms with E-state index >= 15 is 0 Å². The first-order valence-corrected chi connectivity index (χ1v) is 11.2. The third kappa shape index (κ3) is 5.80. The summed E-state index contributed by atoms with van der Waals surface area (Å²) in [6, 6.07) is 3.95. The summed E-state index contributed by atoms with van der Waals surface area (Å²) in [5.74, 6) is -1.04. The Morgan fingerprint density at radius 1 is 1.22 bits per heavy atom. The zero-order valence-corrected chi connectivity index (χ0v) is 20.2. The van der Waals surface area contributed by atoms with E-state index in [0.717, 1.165) is 6.07 Å². The number of rotatable bonds is 8. The van der Waals surface area contributed by atoms with E-state index in [1.165, 1.54) is 16.8 Å². The largest absolute Gasteiger partial charge is 0.574 e. The smallest absolute Gasteiger partial charge is 0.394 e. The molecular weight excluding hydrogens is 493 g/mol. The summed E-state index contributed by atoms with van der Waals surface area (Å²) in [5, 5.41) is 20.8. The minimum atomic E-state index is -4.82. The number of ether oxygens (including phenoxy) is 1. The van der Waals surface area contributed by atoms with E-state index in [9.17, 15) is 23.1 Å². The second-order valence-corrected chi connectivity index (χ2v) is 8.99. The molecule has 4 aromatic heterocycles. The highest BCUT2D eigenvalue weighted by Gasteiger charge is 2.32. The fraction of sp³-hybridized carbons (Fsp3) is 0.348. The van der Waals surface area contributed by atoms with Crippen LogP contribution in [0.2, 0.25) is 0 Å². The molecule has 0 bridgehead atoms. The van der Waals surface area contributed by atoms with Crippen molar-refractivity contribution in [1.29, 1.82) is 0 Å². The lowest BCUT2D eigenvalue weighted by Crippen LogP contribution is -2.46. The molecule has 0 radical (unpaired) electrons. The summed E-state index contributed by atoms with van der Waals surface area (Å²) in [6.07, 6.45) is 2.05. The van der Waals surface area contributed by atoms with E-state index in [1.807, 2.05) is 6.92 Å². The predicted molar refractivity (Wildman–Crippen MR) is 127 cm³/mol. The van der Waals surface area contributed by atoms with Crippen LogP contribution in [0.1, 0.15) is 49.2 Å². The van der Waals surface area contributed by atoms with Crippen LogP contribution in [0.25, 0.3) is 16.8 Å². The van der Waals surface area contributed by atoms with Gasteiger partial charge in [-0.15, -0.1) is 18.3 Å². The van der Waals surface area contributed by atoms with Crippen molar-refractivity contribution in [3.8, 4) is 17.0 Å². The molecule has 0 aliphatic heterocycles. The SMILES string of the molecule is CC[C@@H](c1ccc(OC(F)(F)F)nc1)n1cc(-c2cc(C(=O)NC(C)(C)CO)c3nc(N)nn3c2)cn1. The summed E-state index contributed by atoms with van der Waals surface area (Å²) in [4.78, 5) is 20.9. The molecule has 0 aromatic carbocycles. The Morgan fingerprint density at radius 2 is 1.97 bits per heavy atom. The van der Waals surface area contributed by atoms with Gasteiger partial charge < -0.3 is 20.9 Å². The van der Waals surface area contributed by atoms with Crippen molar-refractivity contribution in [1.82, 2.24) is 34.7 Å². The molecule has 4 aromatic rings.